The zero-order valence-corrected chi connectivity index (χ0v) is 15.6. The van der Waals surface area contributed by atoms with E-state index in [9.17, 15) is 4.79 Å². The van der Waals surface area contributed by atoms with E-state index in [1.165, 1.54) is 5.69 Å². The van der Waals surface area contributed by atoms with E-state index in [1.54, 1.807) is 6.08 Å². The molecule has 1 amide bonds. The first-order chi connectivity index (χ1) is 12.6. The molecule has 1 aliphatic rings. The van der Waals surface area contributed by atoms with Crippen molar-refractivity contribution in [3.63, 3.8) is 0 Å². The first-order valence-electron chi connectivity index (χ1n) is 9.06. The number of nitrogens with one attached hydrogen (secondary N) is 1. The molecular weight excluding hydrogens is 326 g/mol. The molecule has 26 heavy (non-hydrogen) atoms. The van der Waals surface area contributed by atoms with Gasteiger partial charge in [0.15, 0.2) is 0 Å². The van der Waals surface area contributed by atoms with Crippen molar-refractivity contribution in [1.29, 1.82) is 0 Å². The minimum absolute atomic E-state index is 0.0580. The summed E-state index contributed by atoms with van der Waals surface area (Å²) in [5.41, 5.74) is 4.50. The molecule has 0 atom stereocenters. The van der Waals surface area contributed by atoms with Crippen LogP contribution in [0.25, 0.3) is 5.69 Å². The second kappa shape index (κ2) is 8.19. The summed E-state index contributed by atoms with van der Waals surface area (Å²) in [4.78, 5) is 16.4. The van der Waals surface area contributed by atoms with Gasteiger partial charge < -0.3 is 10.2 Å². The summed E-state index contributed by atoms with van der Waals surface area (Å²) < 4.78 is 2.01. The number of para-hydroxylation sites is 1. The van der Waals surface area contributed by atoms with E-state index in [2.05, 4.69) is 47.7 Å². The summed E-state index contributed by atoms with van der Waals surface area (Å²) in [5, 5.41) is 7.58. The van der Waals surface area contributed by atoms with Crippen LogP contribution in [0.15, 0.2) is 43.0 Å². The van der Waals surface area contributed by atoms with Gasteiger partial charge >= 0.3 is 0 Å². The molecule has 1 N–H and O–H groups in total. The molecule has 2 aromatic rings. The summed E-state index contributed by atoms with van der Waals surface area (Å²) in [6.07, 6.45) is 1.70. The highest BCUT2D eigenvalue weighted by molar-refractivity contribution is 5.78. The van der Waals surface area contributed by atoms with Gasteiger partial charge in [0.25, 0.3) is 0 Å². The quantitative estimate of drug-likeness (QED) is 0.806. The molecule has 138 valence electrons. The van der Waals surface area contributed by atoms with Crippen LogP contribution >= 0.6 is 0 Å². The van der Waals surface area contributed by atoms with Crippen LogP contribution in [-0.4, -0.2) is 59.9 Å². The molecule has 2 heterocycles. The van der Waals surface area contributed by atoms with Crippen molar-refractivity contribution < 1.29 is 4.79 Å². The smallest absolute Gasteiger partial charge is 0.234 e. The van der Waals surface area contributed by atoms with Crippen LogP contribution < -0.4 is 10.2 Å². The van der Waals surface area contributed by atoms with Crippen molar-refractivity contribution in [1.82, 2.24) is 20.0 Å². The Labute approximate surface area is 155 Å². The van der Waals surface area contributed by atoms with Gasteiger partial charge in [0.05, 0.1) is 29.3 Å². The Morgan fingerprint density at radius 2 is 1.88 bits per heavy atom. The van der Waals surface area contributed by atoms with Crippen molar-refractivity contribution in [3.05, 3.63) is 54.4 Å². The molecule has 6 heteroatoms. The SMILES string of the molecule is C=CCNC(=O)CN1CCN(c2c(C)nn(-c3ccccc3)c2C)CC1. The highest BCUT2D eigenvalue weighted by Gasteiger charge is 2.24. The molecule has 3 rings (SSSR count). The van der Waals surface area contributed by atoms with Gasteiger partial charge in [-0.05, 0) is 26.0 Å². The van der Waals surface area contributed by atoms with E-state index in [-0.39, 0.29) is 5.91 Å². The van der Waals surface area contributed by atoms with Crippen LogP contribution in [0.3, 0.4) is 0 Å². The standard InChI is InChI=1S/C20H27N5O/c1-4-10-21-19(26)15-23-11-13-24(14-12-23)20-16(2)22-25(17(20)3)18-8-6-5-7-9-18/h4-9H,1,10-15H2,2-3H3,(H,21,26). The molecule has 0 radical (unpaired) electrons. The lowest BCUT2D eigenvalue weighted by Crippen LogP contribution is -2.49. The number of rotatable bonds is 6. The van der Waals surface area contributed by atoms with Gasteiger partial charge in [-0.15, -0.1) is 6.58 Å². The van der Waals surface area contributed by atoms with Gasteiger partial charge in [0.1, 0.15) is 0 Å². The van der Waals surface area contributed by atoms with Crippen LogP contribution in [0.4, 0.5) is 5.69 Å². The number of amides is 1. The van der Waals surface area contributed by atoms with Crippen molar-refractivity contribution in [3.8, 4) is 5.69 Å². The zero-order chi connectivity index (χ0) is 18.5. The maximum Gasteiger partial charge on any atom is 0.234 e. The van der Waals surface area contributed by atoms with E-state index in [1.807, 2.05) is 22.9 Å². The Balaban J connectivity index is 1.66. The molecule has 0 bridgehead atoms. The average Bonchev–Trinajstić information content (AvgIpc) is 2.96. The lowest BCUT2D eigenvalue weighted by Gasteiger charge is -2.35. The Morgan fingerprint density at radius 3 is 2.54 bits per heavy atom. The molecule has 0 unspecified atom stereocenters. The first kappa shape index (κ1) is 18.2. The Hall–Kier alpha value is -2.60. The molecule has 0 spiro atoms. The lowest BCUT2D eigenvalue weighted by atomic mass is 10.2. The Morgan fingerprint density at radius 1 is 1.19 bits per heavy atom. The summed E-state index contributed by atoms with van der Waals surface area (Å²) in [5.74, 6) is 0.0580. The van der Waals surface area contributed by atoms with Crippen LogP contribution in [-0.2, 0) is 4.79 Å². The van der Waals surface area contributed by atoms with Crippen LogP contribution in [0.5, 0.6) is 0 Å². The number of hydrogen-bond donors (Lipinski definition) is 1. The third kappa shape index (κ3) is 3.96. The number of hydrogen-bond acceptors (Lipinski definition) is 4. The minimum atomic E-state index is 0.0580. The second-order valence-corrected chi connectivity index (χ2v) is 6.62. The number of piperazine rings is 1. The van der Waals surface area contributed by atoms with Gasteiger partial charge in [-0.2, -0.15) is 5.10 Å². The zero-order valence-electron chi connectivity index (χ0n) is 15.6. The maximum atomic E-state index is 11.9. The number of aromatic nitrogens is 2. The molecule has 1 saturated heterocycles. The Kier molecular flexibility index (Phi) is 5.73. The van der Waals surface area contributed by atoms with E-state index in [4.69, 9.17) is 5.10 Å². The van der Waals surface area contributed by atoms with Crippen molar-refractivity contribution in [2.24, 2.45) is 0 Å². The van der Waals surface area contributed by atoms with Crippen LogP contribution in [0.1, 0.15) is 11.4 Å². The molecule has 1 aromatic carbocycles. The monoisotopic (exact) mass is 353 g/mol. The molecule has 1 aromatic heterocycles. The van der Waals surface area contributed by atoms with Crippen molar-refractivity contribution in [2.45, 2.75) is 13.8 Å². The average molecular weight is 353 g/mol. The third-order valence-electron chi connectivity index (χ3n) is 4.75. The molecule has 1 fully saturated rings. The number of aryl methyl sites for hydroxylation is 1. The summed E-state index contributed by atoms with van der Waals surface area (Å²) in [7, 11) is 0. The van der Waals surface area contributed by atoms with E-state index in [0.717, 1.165) is 43.3 Å². The first-order valence-corrected chi connectivity index (χ1v) is 9.06. The van der Waals surface area contributed by atoms with Gasteiger partial charge in [0, 0.05) is 32.7 Å². The third-order valence-corrected chi connectivity index (χ3v) is 4.75. The van der Waals surface area contributed by atoms with E-state index < -0.39 is 0 Å². The van der Waals surface area contributed by atoms with Crippen molar-refractivity contribution in [2.75, 3.05) is 44.2 Å². The molecule has 1 aliphatic heterocycles. The molecular formula is C20H27N5O. The van der Waals surface area contributed by atoms with Crippen LogP contribution in [0, 0.1) is 13.8 Å². The Bertz CT molecular complexity index is 760. The molecule has 0 saturated carbocycles. The topological polar surface area (TPSA) is 53.4 Å². The number of carbonyl (C=O) groups is 1. The highest BCUT2D eigenvalue weighted by atomic mass is 16.2. The second-order valence-electron chi connectivity index (χ2n) is 6.62. The number of carbonyl (C=O) groups excluding carboxylic acids is 1. The summed E-state index contributed by atoms with van der Waals surface area (Å²) in [6, 6.07) is 10.2. The minimum Gasteiger partial charge on any atom is -0.366 e. The lowest BCUT2D eigenvalue weighted by molar-refractivity contribution is -0.122. The largest absolute Gasteiger partial charge is 0.366 e. The summed E-state index contributed by atoms with van der Waals surface area (Å²) in [6.45, 7) is 12.3. The predicted molar refractivity (Wildman–Crippen MR) is 105 cm³/mol. The number of benzene rings is 1. The molecule has 0 aliphatic carbocycles. The van der Waals surface area contributed by atoms with E-state index >= 15 is 0 Å². The van der Waals surface area contributed by atoms with Gasteiger partial charge in [-0.1, -0.05) is 24.3 Å². The van der Waals surface area contributed by atoms with Gasteiger partial charge in [-0.3, -0.25) is 9.69 Å². The number of nitrogens with zero attached hydrogens (tertiary/aromatic N) is 4. The summed E-state index contributed by atoms with van der Waals surface area (Å²) >= 11 is 0. The van der Waals surface area contributed by atoms with Crippen molar-refractivity contribution >= 4 is 11.6 Å². The maximum absolute atomic E-state index is 11.9. The fourth-order valence-electron chi connectivity index (χ4n) is 3.49. The normalized spacial score (nSPS) is 15.1. The fourth-order valence-corrected chi connectivity index (χ4v) is 3.49. The van der Waals surface area contributed by atoms with Crippen LogP contribution in [0.2, 0.25) is 0 Å². The number of anilines is 1. The van der Waals surface area contributed by atoms with E-state index in [0.29, 0.717) is 13.1 Å². The van der Waals surface area contributed by atoms with Gasteiger partial charge in [0.2, 0.25) is 5.91 Å². The molecule has 6 nitrogen and oxygen atoms in total. The fraction of sp³-hybridized carbons (Fsp3) is 0.400. The predicted octanol–water partition coefficient (Wildman–Crippen LogP) is 1.91. The van der Waals surface area contributed by atoms with Gasteiger partial charge in [-0.25, -0.2) is 4.68 Å². The highest BCUT2D eigenvalue weighted by Crippen LogP contribution is 2.27.